The number of hydrogen-bond acceptors (Lipinski definition) is 2. The minimum absolute atomic E-state index is 0.118. The highest BCUT2D eigenvalue weighted by atomic mass is 16.5. The average Bonchev–Trinajstić information content (AvgIpc) is 2.46. The van der Waals surface area contributed by atoms with E-state index in [4.69, 9.17) is 9.84 Å². The molecule has 3 atom stereocenters. The fourth-order valence-electron chi connectivity index (χ4n) is 3.53. The van der Waals surface area contributed by atoms with E-state index in [1.165, 1.54) is 19.3 Å². The molecule has 3 unspecified atom stereocenters. The van der Waals surface area contributed by atoms with Crippen molar-refractivity contribution in [3.8, 4) is 0 Å². The Balaban J connectivity index is 2.01. The number of aliphatic hydroxyl groups is 1. The lowest BCUT2D eigenvalue weighted by atomic mass is 9.72. The van der Waals surface area contributed by atoms with Crippen molar-refractivity contribution >= 4 is 0 Å². The molecule has 1 aliphatic heterocycles. The smallest absolute Gasteiger partial charge is 0.0814 e. The normalized spacial score (nSPS) is 48.6. The van der Waals surface area contributed by atoms with Crippen LogP contribution in [0, 0.1) is 11.8 Å². The number of aliphatic hydroxyl groups excluding tert-OH is 1. The Morgan fingerprint density at radius 1 is 1.29 bits per heavy atom. The lowest BCUT2D eigenvalue weighted by Crippen LogP contribution is -2.38. The Kier molecular flexibility index (Phi) is 2.85. The van der Waals surface area contributed by atoms with Gasteiger partial charge in [0.1, 0.15) is 0 Å². The first-order valence-electron chi connectivity index (χ1n) is 5.92. The van der Waals surface area contributed by atoms with Crippen LogP contribution >= 0.6 is 0 Å². The van der Waals surface area contributed by atoms with E-state index in [0.29, 0.717) is 0 Å². The fraction of sp³-hybridized carbons (Fsp3) is 1.00. The monoisotopic (exact) mass is 198 g/mol. The maximum atomic E-state index is 9.09. The van der Waals surface area contributed by atoms with Crippen molar-refractivity contribution < 1.29 is 9.84 Å². The molecular weight excluding hydrogens is 176 g/mol. The lowest BCUT2D eigenvalue weighted by molar-refractivity contribution is -0.0970. The fourth-order valence-corrected chi connectivity index (χ4v) is 3.53. The summed E-state index contributed by atoms with van der Waals surface area (Å²) in [5, 5.41) is 9.09. The summed E-state index contributed by atoms with van der Waals surface area (Å²) in [6.45, 7) is 4.85. The van der Waals surface area contributed by atoms with E-state index in [0.717, 1.165) is 24.7 Å². The molecule has 2 nitrogen and oxygen atoms in total. The van der Waals surface area contributed by atoms with Gasteiger partial charge < -0.3 is 9.84 Å². The van der Waals surface area contributed by atoms with Crippen molar-refractivity contribution in [3.63, 3.8) is 0 Å². The third-order valence-electron chi connectivity index (χ3n) is 3.79. The van der Waals surface area contributed by atoms with Gasteiger partial charge in [-0.25, -0.2) is 0 Å². The van der Waals surface area contributed by atoms with Crippen LogP contribution in [0.1, 0.15) is 46.0 Å². The molecule has 1 N–H and O–H groups in total. The summed E-state index contributed by atoms with van der Waals surface area (Å²) >= 11 is 0. The SMILES string of the molecule is CC1CC(C)CC2(CCC(CO)O2)C1. The zero-order valence-electron chi connectivity index (χ0n) is 9.33. The van der Waals surface area contributed by atoms with Crippen molar-refractivity contribution in [2.24, 2.45) is 11.8 Å². The molecule has 1 spiro atoms. The molecule has 2 rings (SSSR count). The van der Waals surface area contributed by atoms with Gasteiger partial charge in [0.15, 0.2) is 0 Å². The molecule has 0 aromatic rings. The second-order valence-corrected chi connectivity index (χ2v) is 5.50. The van der Waals surface area contributed by atoms with Crippen LogP contribution in [-0.4, -0.2) is 23.4 Å². The van der Waals surface area contributed by atoms with E-state index in [1.807, 2.05) is 0 Å². The second kappa shape index (κ2) is 3.82. The van der Waals surface area contributed by atoms with Crippen molar-refractivity contribution in [1.82, 2.24) is 0 Å². The van der Waals surface area contributed by atoms with Gasteiger partial charge in [-0.3, -0.25) is 0 Å². The molecule has 0 amide bonds. The van der Waals surface area contributed by atoms with Crippen molar-refractivity contribution in [3.05, 3.63) is 0 Å². The van der Waals surface area contributed by atoms with Crippen LogP contribution in [0.15, 0.2) is 0 Å². The van der Waals surface area contributed by atoms with Gasteiger partial charge in [0.05, 0.1) is 18.3 Å². The highest BCUT2D eigenvalue weighted by molar-refractivity contribution is 4.94. The van der Waals surface area contributed by atoms with Crippen LogP contribution in [0.4, 0.5) is 0 Å². The van der Waals surface area contributed by atoms with E-state index in [2.05, 4.69) is 13.8 Å². The van der Waals surface area contributed by atoms with E-state index < -0.39 is 0 Å². The van der Waals surface area contributed by atoms with Crippen LogP contribution in [0.25, 0.3) is 0 Å². The van der Waals surface area contributed by atoms with Gasteiger partial charge in [-0.15, -0.1) is 0 Å². The molecule has 1 saturated carbocycles. The molecule has 0 bridgehead atoms. The first kappa shape index (κ1) is 10.4. The second-order valence-electron chi connectivity index (χ2n) is 5.50. The van der Waals surface area contributed by atoms with Crippen molar-refractivity contribution in [1.29, 1.82) is 0 Å². The largest absolute Gasteiger partial charge is 0.394 e. The lowest BCUT2D eigenvalue weighted by Gasteiger charge is -2.40. The van der Waals surface area contributed by atoms with E-state index in [-0.39, 0.29) is 18.3 Å². The van der Waals surface area contributed by atoms with E-state index in [1.54, 1.807) is 0 Å². The van der Waals surface area contributed by atoms with Crippen LogP contribution in [0.2, 0.25) is 0 Å². The third kappa shape index (κ3) is 1.96. The summed E-state index contributed by atoms with van der Waals surface area (Å²) in [6, 6.07) is 0. The van der Waals surface area contributed by atoms with Crippen LogP contribution in [0.5, 0.6) is 0 Å². The molecule has 2 heteroatoms. The minimum Gasteiger partial charge on any atom is -0.394 e. The highest BCUT2D eigenvalue weighted by Gasteiger charge is 2.44. The molecule has 1 saturated heterocycles. The number of hydrogen-bond donors (Lipinski definition) is 1. The number of ether oxygens (including phenoxy) is 1. The molecule has 0 radical (unpaired) electrons. The Morgan fingerprint density at radius 2 is 1.93 bits per heavy atom. The maximum Gasteiger partial charge on any atom is 0.0814 e. The quantitative estimate of drug-likeness (QED) is 0.701. The molecule has 82 valence electrons. The van der Waals surface area contributed by atoms with Crippen LogP contribution in [0.3, 0.4) is 0 Å². The van der Waals surface area contributed by atoms with Gasteiger partial charge in [0.25, 0.3) is 0 Å². The molecule has 2 fully saturated rings. The standard InChI is InChI=1S/C12H22O2/c1-9-5-10(2)7-12(6-9)4-3-11(8-13)14-12/h9-11,13H,3-8H2,1-2H3. The first-order valence-corrected chi connectivity index (χ1v) is 5.92. The third-order valence-corrected chi connectivity index (χ3v) is 3.79. The Bertz CT molecular complexity index is 192. The molecule has 2 aliphatic rings. The molecule has 1 aliphatic carbocycles. The topological polar surface area (TPSA) is 29.5 Å². The first-order chi connectivity index (χ1) is 6.63. The Morgan fingerprint density at radius 3 is 2.43 bits per heavy atom. The molecule has 14 heavy (non-hydrogen) atoms. The highest BCUT2D eigenvalue weighted by Crippen LogP contribution is 2.45. The Hall–Kier alpha value is -0.0800. The predicted octanol–water partition coefficient (Wildman–Crippen LogP) is 2.35. The van der Waals surface area contributed by atoms with Gasteiger partial charge >= 0.3 is 0 Å². The summed E-state index contributed by atoms with van der Waals surface area (Å²) < 4.78 is 6.03. The molecule has 0 aromatic heterocycles. The van der Waals surface area contributed by atoms with Crippen molar-refractivity contribution in [2.75, 3.05) is 6.61 Å². The average molecular weight is 198 g/mol. The Labute approximate surface area is 86.6 Å². The molecule has 0 aromatic carbocycles. The summed E-state index contributed by atoms with van der Waals surface area (Å²) in [6.07, 6.45) is 6.08. The number of rotatable bonds is 1. The van der Waals surface area contributed by atoms with Gasteiger partial charge in [0, 0.05) is 0 Å². The van der Waals surface area contributed by atoms with Gasteiger partial charge in [-0.1, -0.05) is 13.8 Å². The zero-order valence-corrected chi connectivity index (χ0v) is 9.33. The molecular formula is C12H22O2. The zero-order chi connectivity index (χ0) is 10.2. The predicted molar refractivity (Wildman–Crippen MR) is 56.1 cm³/mol. The summed E-state index contributed by atoms with van der Waals surface area (Å²) in [5.41, 5.74) is 0.129. The van der Waals surface area contributed by atoms with Gasteiger partial charge in [-0.2, -0.15) is 0 Å². The molecule has 1 heterocycles. The van der Waals surface area contributed by atoms with Gasteiger partial charge in [0.2, 0.25) is 0 Å². The summed E-state index contributed by atoms with van der Waals surface area (Å²) in [7, 11) is 0. The van der Waals surface area contributed by atoms with Crippen LogP contribution in [-0.2, 0) is 4.74 Å². The van der Waals surface area contributed by atoms with Crippen molar-refractivity contribution in [2.45, 2.75) is 57.7 Å². The van der Waals surface area contributed by atoms with Gasteiger partial charge in [-0.05, 0) is 43.9 Å². The summed E-state index contributed by atoms with van der Waals surface area (Å²) in [4.78, 5) is 0. The maximum absolute atomic E-state index is 9.09. The van der Waals surface area contributed by atoms with E-state index >= 15 is 0 Å². The minimum atomic E-state index is 0.118. The van der Waals surface area contributed by atoms with E-state index in [9.17, 15) is 0 Å². The van der Waals surface area contributed by atoms with Crippen LogP contribution < -0.4 is 0 Å². The summed E-state index contributed by atoms with van der Waals surface area (Å²) in [5.74, 6) is 1.58.